The molecular weight excluding hydrogens is 227 g/mol. The van der Waals surface area contributed by atoms with Gasteiger partial charge >= 0.3 is 0 Å². The molecule has 0 aliphatic carbocycles. The SMILES string of the molecule is Cc1ccc(C(C#N)Nc2cccc(F)c2)cc1. The van der Waals surface area contributed by atoms with Crippen LogP contribution in [0.4, 0.5) is 10.1 Å². The van der Waals surface area contributed by atoms with E-state index < -0.39 is 6.04 Å². The van der Waals surface area contributed by atoms with E-state index in [1.165, 1.54) is 12.1 Å². The van der Waals surface area contributed by atoms with Crippen molar-refractivity contribution in [3.63, 3.8) is 0 Å². The first kappa shape index (κ1) is 12.1. The zero-order valence-corrected chi connectivity index (χ0v) is 10.0. The second-order valence-corrected chi connectivity index (χ2v) is 4.13. The maximum Gasteiger partial charge on any atom is 0.140 e. The minimum absolute atomic E-state index is 0.319. The summed E-state index contributed by atoms with van der Waals surface area (Å²) in [7, 11) is 0. The molecule has 90 valence electrons. The van der Waals surface area contributed by atoms with Gasteiger partial charge in [-0.1, -0.05) is 35.9 Å². The Morgan fingerprint density at radius 2 is 1.89 bits per heavy atom. The smallest absolute Gasteiger partial charge is 0.140 e. The first-order valence-corrected chi connectivity index (χ1v) is 5.67. The minimum atomic E-state index is -0.479. The fourth-order valence-electron chi connectivity index (χ4n) is 1.69. The molecule has 1 N–H and O–H groups in total. The molecule has 0 bridgehead atoms. The van der Waals surface area contributed by atoms with E-state index in [0.29, 0.717) is 5.69 Å². The van der Waals surface area contributed by atoms with E-state index in [0.717, 1.165) is 11.1 Å². The molecule has 0 heterocycles. The predicted octanol–water partition coefficient (Wildman–Crippen LogP) is 3.81. The van der Waals surface area contributed by atoms with Crippen LogP contribution in [0.5, 0.6) is 0 Å². The van der Waals surface area contributed by atoms with Crippen LogP contribution < -0.4 is 5.32 Å². The summed E-state index contributed by atoms with van der Waals surface area (Å²) in [4.78, 5) is 0. The average Bonchev–Trinajstić information content (AvgIpc) is 2.37. The Morgan fingerprint density at radius 3 is 2.50 bits per heavy atom. The molecule has 1 unspecified atom stereocenters. The van der Waals surface area contributed by atoms with E-state index in [4.69, 9.17) is 0 Å². The van der Waals surface area contributed by atoms with Crippen LogP contribution in [-0.2, 0) is 0 Å². The number of halogens is 1. The molecule has 0 fully saturated rings. The van der Waals surface area contributed by atoms with Crippen molar-refractivity contribution in [1.29, 1.82) is 5.26 Å². The molecule has 18 heavy (non-hydrogen) atoms. The fourth-order valence-corrected chi connectivity index (χ4v) is 1.69. The molecule has 1 atom stereocenters. The summed E-state index contributed by atoms with van der Waals surface area (Å²) >= 11 is 0. The lowest BCUT2D eigenvalue weighted by Crippen LogP contribution is -2.08. The van der Waals surface area contributed by atoms with Crippen LogP contribution in [0, 0.1) is 24.1 Å². The van der Waals surface area contributed by atoms with Crippen molar-refractivity contribution >= 4 is 5.69 Å². The summed E-state index contributed by atoms with van der Waals surface area (Å²) in [6.45, 7) is 1.99. The van der Waals surface area contributed by atoms with Crippen LogP contribution in [0.15, 0.2) is 48.5 Å². The molecule has 0 radical (unpaired) electrons. The van der Waals surface area contributed by atoms with Crippen molar-refractivity contribution in [2.24, 2.45) is 0 Å². The Bertz CT molecular complexity index is 570. The molecular formula is C15H13FN2. The molecule has 3 heteroatoms. The average molecular weight is 240 g/mol. The third-order valence-electron chi connectivity index (χ3n) is 2.68. The van der Waals surface area contributed by atoms with Crippen molar-refractivity contribution in [3.05, 3.63) is 65.5 Å². The zero-order chi connectivity index (χ0) is 13.0. The van der Waals surface area contributed by atoms with Gasteiger partial charge in [-0.05, 0) is 30.7 Å². The van der Waals surface area contributed by atoms with Crippen LogP contribution in [0.2, 0.25) is 0 Å². The Balaban J connectivity index is 2.20. The largest absolute Gasteiger partial charge is 0.366 e. The molecule has 0 aliphatic heterocycles. The van der Waals surface area contributed by atoms with Gasteiger partial charge in [-0.2, -0.15) is 5.26 Å². The molecule has 0 amide bonds. The van der Waals surface area contributed by atoms with Gasteiger partial charge in [0.2, 0.25) is 0 Å². The topological polar surface area (TPSA) is 35.8 Å². The monoisotopic (exact) mass is 240 g/mol. The summed E-state index contributed by atoms with van der Waals surface area (Å²) in [5.41, 5.74) is 2.61. The number of anilines is 1. The molecule has 2 aromatic rings. The van der Waals surface area contributed by atoms with Gasteiger partial charge in [0.15, 0.2) is 0 Å². The van der Waals surface area contributed by atoms with Crippen molar-refractivity contribution in [1.82, 2.24) is 0 Å². The molecule has 2 nitrogen and oxygen atoms in total. The predicted molar refractivity (Wildman–Crippen MR) is 69.6 cm³/mol. The van der Waals surface area contributed by atoms with Gasteiger partial charge in [-0.3, -0.25) is 0 Å². The van der Waals surface area contributed by atoms with Gasteiger partial charge in [0.1, 0.15) is 11.9 Å². The Hall–Kier alpha value is -2.34. The highest BCUT2D eigenvalue weighted by Gasteiger charge is 2.09. The quantitative estimate of drug-likeness (QED) is 0.885. The highest BCUT2D eigenvalue weighted by atomic mass is 19.1. The number of nitriles is 1. The minimum Gasteiger partial charge on any atom is -0.366 e. The molecule has 0 spiro atoms. The van der Waals surface area contributed by atoms with E-state index in [2.05, 4.69) is 11.4 Å². The third-order valence-corrected chi connectivity index (χ3v) is 2.68. The summed E-state index contributed by atoms with van der Waals surface area (Å²) in [5, 5.41) is 12.2. The van der Waals surface area contributed by atoms with E-state index in [1.807, 2.05) is 31.2 Å². The number of nitrogens with one attached hydrogen (secondary N) is 1. The van der Waals surface area contributed by atoms with Crippen molar-refractivity contribution in [2.45, 2.75) is 13.0 Å². The van der Waals surface area contributed by atoms with Crippen LogP contribution >= 0.6 is 0 Å². The number of aryl methyl sites for hydroxylation is 1. The fraction of sp³-hybridized carbons (Fsp3) is 0.133. The Kier molecular flexibility index (Phi) is 3.59. The number of rotatable bonds is 3. The number of hydrogen-bond acceptors (Lipinski definition) is 2. The molecule has 2 rings (SSSR count). The molecule has 0 saturated carbocycles. The normalized spacial score (nSPS) is 11.6. The maximum atomic E-state index is 13.1. The van der Waals surface area contributed by atoms with Crippen molar-refractivity contribution < 1.29 is 4.39 Å². The lowest BCUT2D eigenvalue weighted by Gasteiger charge is -2.13. The van der Waals surface area contributed by atoms with Gasteiger partial charge in [0.05, 0.1) is 6.07 Å². The summed E-state index contributed by atoms with van der Waals surface area (Å²) < 4.78 is 13.1. The van der Waals surface area contributed by atoms with Gasteiger partial charge in [-0.15, -0.1) is 0 Å². The lowest BCUT2D eigenvalue weighted by atomic mass is 10.1. The van der Waals surface area contributed by atoms with E-state index in [9.17, 15) is 9.65 Å². The van der Waals surface area contributed by atoms with Gasteiger partial charge < -0.3 is 5.32 Å². The maximum absolute atomic E-state index is 13.1. The Morgan fingerprint density at radius 1 is 1.17 bits per heavy atom. The van der Waals surface area contributed by atoms with Crippen molar-refractivity contribution in [2.75, 3.05) is 5.32 Å². The summed E-state index contributed by atoms with van der Waals surface area (Å²) in [6.07, 6.45) is 0. The Labute approximate surface area is 106 Å². The third kappa shape index (κ3) is 2.86. The molecule has 2 aromatic carbocycles. The second kappa shape index (κ2) is 5.33. The van der Waals surface area contributed by atoms with Crippen LogP contribution in [-0.4, -0.2) is 0 Å². The first-order valence-electron chi connectivity index (χ1n) is 5.67. The van der Waals surface area contributed by atoms with Crippen LogP contribution in [0.3, 0.4) is 0 Å². The van der Waals surface area contributed by atoms with E-state index in [-0.39, 0.29) is 5.82 Å². The molecule has 0 aliphatic rings. The van der Waals surface area contributed by atoms with Gasteiger partial charge in [0.25, 0.3) is 0 Å². The zero-order valence-electron chi connectivity index (χ0n) is 10.0. The highest BCUT2D eigenvalue weighted by molar-refractivity contribution is 5.47. The number of benzene rings is 2. The number of nitrogens with zero attached hydrogens (tertiary/aromatic N) is 1. The molecule has 0 aromatic heterocycles. The van der Waals surface area contributed by atoms with Crippen molar-refractivity contribution in [3.8, 4) is 6.07 Å². The van der Waals surface area contributed by atoms with E-state index in [1.54, 1.807) is 12.1 Å². The van der Waals surface area contributed by atoms with Gasteiger partial charge in [0, 0.05) is 5.69 Å². The van der Waals surface area contributed by atoms with Crippen LogP contribution in [0.25, 0.3) is 0 Å². The number of hydrogen-bond donors (Lipinski definition) is 1. The standard InChI is InChI=1S/C15H13FN2/c1-11-5-7-12(8-6-11)15(10-17)18-14-4-2-3-13(16)9-14/h2-9,15,18H,1H3. The highest BCUT2D eigenvalue weighted by Crippen LogP contribution is 2.20. The summed E-state index contributed by atoms with van der Waals surface area (Å²) in [5.74, 6) is -0.319. The van der Waals surface area contributed by atoms with E-state index >= 15 is 0 Å². The summed E-state index contributed by atoms with van der Waals surface area (Å²) in [6, 6.07) is 15.5. The lowest BCUT2D eigenvalue weighted by molar-refractivity contribution is 0.628. The second-order valence-electron chi connectivity index (χ2n) is 4.13. The van der Waals surface area contributed by atoms with Gasteiger partial charge in [-0.25, -0.2) is 4.39 Å². The first-order chi connectivity index (χ1) is 8.69. The van der Waals surface area contributed by atoms with Crippen LogP contribution in [0.1, 0.15) is 17.2 Å². The molecule has 0 saturated heterocycles.